The van der Waals surface area contributed by atoms with Crippen molar-refractivity contribution in [3.8, 4) is 0 Å². The van der Waals surface area contributed by atoms with E-state index in [-0.39, 0.29) is 24.2 Å². The van der Waals surface area contributed by atoms with Crippen molar-refractivity contribution in [1.29, 1.82) is 0 Å². The fourth-order valence-electron chi connectivity index (χ4n) is 2.57. The average Bonchev–Trinajstić information content (AvgIpc) is 2.54. The van der Waals surface area contributed by atoms with E-state index in [2.05, 4.69) is 5.32 Å². The first-order valence-electron chi connectivity index (χ1n) is 7.69. The fraction of sp³-hybridized carbons (Fsp3) is 0.500. The summed E-state index contributed by atoms with van der Waals surface area (Å²) in [6.07, 6.45) is 1.37. The second kappa shape index (κ2) is 10.1. The number of piperazine rings is 1. The van der Waals surface area contributed by atoms with Crippen LogP contribution in [-0.2, 0) is 4.79 Å². The van der Waals surface area contributed by atoms with Crippen LogP contribution in [0.3, 0.4) is 0 Å². The quantitative estimate of drug-likeness (QED) is 0.781. The van der Waals surface area contributed by atoms with Gasteiger partial charge in [0, 0.05) is 37.6 Å². The molecule has 0 saturated carbocycles. The van der Waals surface area contributed by atoms with Crippen LogP contribution in [0.4, 0.5) is 0 Å². The highest BCUT2D eigenvalue weighted by atomic mass is 35.5. The van der Waals surface area contributed by atoms with Gasteiger partial charge in [0.2, 0.25) is 5.91 Å². The highest BCUT2D eigenvalue weighted by Crippen LogP contribution is 2.22. The van der Waals surface area contributed by atoms with E-state index in [0.717, 1.165) is 13.0 Å². The number of halogens is 3. The fourth-order valence-corrected chi connectivity index (χ4v) is 3.06. The van der Waals surface area contributed by atoms with Gasteiger partial charge in [-0.2, -0.15) is 0 Å². The van der Waals surface area contributed by atoms with E-state index < -0.39 is 0 Å². The van der Waals surface area contributed by atoms with Crippen LogP contribution in [0, 0.1) is 0 Å². The second-order valence-corrected chi connectivity index (χ2v) is 6.35. The molecule has 24 heavy (non-hydrogen) atoms. The van der Waals surface area contributed by atoms with Crippen molar-refractivity contribution < 1.29 is 9.59 Å². The Hall–Kier alpha value is -1.01. The molecule has 0 aromatic heterocycles. The number of rotatable bonds is 5. The summed E-state index contributed by atoms with van der Waals surface area (Å²) in [5.74, 6) is 0.0332. The summed E-state index contributed by atoms with van der Waals surface area (Å²) in [4.78, 5) is 28.1. The monoisotopic (exact) mass is 393 g/mol. The highest BCUT2D eigenvalue weighted by molar-refractivity contribution is 6.36. The van der Waals surface area contributed by atoms with Gasteiger partial charge < -0.3 is 15.1 Å². The molecule has 0 atom stereocenters. The molecule has 0 radical (unpaired) electrons. The van der Waals surface area contributed by atoms with Crippen LogP contribution in [0.5, 0.6) is 0 Å². The second-order valence-electron chi connectivity index (χ2n) is 5.50. The van der Waals surface area contributed by atoms with Crippen LogP contribution >= 0.6 is 35.6 Å². The Morgan fingerprint density at radius 2 is 1.75 bits per heavy atom. The molecule has 1 heterocycles. The Labute approximate surface area is 158 Å². The average molecular weight is 395 g/mol. The molecule has 0 aliphatic carbocycles. The van der Waals surface area contributed by atoms with E-state index in [4.69, 9.17) is 23.2 Å². The minimum absolute atomic E-state index is 0. The minimum Gasteiger partial charge on any atom is -0.339 e. The number of nitrogens with one attached hydrogen (secondary N) is 1. The Morgan fingerprint density at radius 1 is 1.12 bits per heavy atom. The smallest absolute Gasteiger partial charge is 0.255 e. The molecular weight excluding hydrogens is 373 g/mol. The van der Waals surface area contributed by atoms with E-state index in [0.29, 0.717) is 48.2 Å². The normalized spacial score (nSPS) is 14.3. The van der Waals surface area contributed by atoms with E-state index in [9.17, 15) is 9.59 Å². The molecule has 134 valence electrons. The van der Waals surface area contributed by atoms with E-state index in [1.54, 1.807) is 23.1 Å². The van der Waals surface area contributed by atoms with Gasteiger partial charge in [-0.05, 0) is 38.2 Å². The summed E-state index contributed by atoms with van der Waals surface area (Å²) < 4.78 is 0. The molecule has 2 rings (SSSR count). The molecular formula is C16H22Cl3N3O2. The zero-order chi connectivity index (χ0) is 16.8. The lowest BCUT2D eigenvalue weighted by molar-refractivity contribution is -0.132. The van der Waals surface area contributed by atoms with Crippen molar-refractivity contribution in [2.75, 3.05) is 39.8 Å². The lowest BCUT2D eigenvalue weighted by atomic mass is 10.1. The Balaban J connectivity index is 0.00000288. The van der Waals surface area contributed by atoms with Crippen LogP contribution in [0.25, 0.3) is 0 Å². The van der Waals surface area contributed by atoms with Crippen LogP contribution in [0.2, 0.25) is 10.0 Å². The lowest BCUT2D eigenvalue weighted by Gasteiger charge is -2.35. The topological polar surface area (TPSA) is 52.7 Å². The van der Waals surface area contributed by atoms with Crippen LogP contribution in [0.15, 0.2) is 18.2 Å². The molecule has 1 N–H and O–H groups in total. The van der Waals surface area contributed by atoms with Crippen molar-refractivity contribution in [3.63, 3.8) is 0 Å². The minimum atomic E-state index is -0.117. The third kappa shape index (κ3) is 5.52. The summed E-state index contributed by atoms with van der Waals surface area (Å²) in [6.45, 7) is 3.01. The molecule has 5 nitrogen and oxygen atoms in total. The maximum Gasteiger partial charge on any atom is 0.255 e. The first-order valence-corrected chi connectivity index (χ1v) is 8.45. The lowest BCUT2D eigenvalue weighted by Crippen LogP contribution is -2.50. The van der Waals surface area contributed by atoms with Gasteiger partial charge in [-0.25, -0.2) is 0 Å². The number of amides is 2. The SMILES string of the molecule is CNCCCC(=O)N1CCN(C(=O)c2ccc(Cl)cc2Cl)CC1.Cl. The number of nitrogens with zero attached hydrogens (tertiary/aromatic N) is 2. The maximum atomic E-state index is 12.5. The van der Waals surface area contributed by atoms with E-state index >= 15 is 0 Å². The molecule has 0 spiro atoms. The van der Waals surface area contributed by atoms with Crippen LogP contribution < -0.4 is 5.32 Å². The summed E-state index contributed by atoms with van der Waals surface area (Å²) in [5, 5.41) is 3.89. The molecule has 1 fully saturated rings. The van der Waals surface area contributed by atoms with Crippen molar-refractivity contribution >= 4 is 47.4 Å². The summed E-state index contributed by atoms with van der Waals surface area (Å²) in [5.41, 5.74) is 0.449. The van der Waals surface area contributed by atoms with Gasteiger partial charge in [0.05, 0.1) is 10.6 Å². The Morgan fingerprint density at radius 3 is 2.33 bits per heavy atom. The summed E-state index contributed by atoms with van der Waals surface area (Å²) >= 11 is 11.9. The Kier molecular flexibility index (Phi) is 8.84. The molecule has 0 bridgehead atoms. The maximum absolute atomic E-state index is 12.5. The van der Waals surface area contributed by atoms with E-state index in [1.807, 2.05) is 11.9 Å². The Bertz CT molecular complexity index is 576. The molecule has 8 heteroatoms. The number of benzene rings is 1. The molecule has 2 amide bonds. The van der Waals surface area contributed by atoms with Crippen LogP contribution in [0.1, 0.15) is 23.2 Å². The summed E-state index contributed by atoms with van der Waals surface area (Å²) in [6, 6.07) is 4.86. The van der Waals surface area contributed by atoms with Crippen molar-refractivity contribution in [2.24, 2.45) is 0 Å². The molecule has 1 saturated heterocycles. The van der Waals surface area contributed by atoms with Gasteiger partial charge in [0.1, 0.15) is 0 Å². The number of carbonyl (C=O) groups is 2. The predicted octanol–water partition coefficient (Wildman–Crippen LogP) is 2.70. The number of hydrogen-bond donors (Lipinski definition) is 1. The van der Waals surface area contributed by atoms with Gasteiger partial charge in [-0.1, -0.05) is 23.2 Å². The van der Waals surface area contributed by atoms with Gasteiger partial charge in [0.25, 0.3) is 5.91 Å². The third-order valence-corrected chi connectivity index (χ3v) is 4.45. The third-order valence-electron chi connectivity index (χ3n) is 3.90. The van der Waals surface area contributed by atoms with Crippen molar-refractivity contribution in [2.45, 2.75) is 12.8 Å². The van der Waals surface area contributed by atoms with Crippen molar-refractivity contribution in [1.82, 2.24) is 15.1 Å². The molecule has 0 unspecified atom stereocenters. The standard InChI is InChI=1S/C16H21Cl2N3O2.ClH/c1-19-6-2-3-15(22)20-7-9-21(10-8-20)16(23)13-5-4-12(17)11-14(13)18;/h4-5,11,19H,2-3,6-10H2,1H3;1H. The van der Waals surface area contributed by atoms with Crippen LogP contribution in [-0.4, -0.2) is 61.4 Å². The molecule has 1 aromatic carbocycles. The zero-order valence-electron chi connectivity index (χ0n) is 13.6. The first kappa shape index (κ1) is 21.0. The molecule has 1 aliphatic heterocycles. The predicted molar refractivity (Wildman–Crippen MR) is 99.4 cm³/mol. The summed E-state index contributed by atoms with van der Waals surface area (Å²) in [7, 11) is 1.87. The molecule has 1 aliphatic rings. The number of carbonyl (C=O) groups excluding carboxylic acids is 2. The van der Waals surface area contributed by atoms with Crippen molar-refractivity contribution in [3.05, 3.63) is 33.8 Å². The van der Waals surface area contributed by atoms with Gasteiger partial charge in [-0.3, -0.25) is 9.59 Å². The largest absolute Gasteiger partial charge is 0.339 e. The highest BCUT2D eigenvalue weighted by Gasteiger charge is 2.25. The van der Waals surface area contributed by atoms with E-state index in [1.165, 1.54) is 0 Å². The number of hydrogen-bond acceptors (Lipinski definition) is 3. The van der Waals surface area contributed by atoms with Gasteiger partial charge >= 0.3 is 0 Å². The zero-order valence-corrected chi connectivity index (χ0v) is 15.9. The first-order chi connectivity index (χ1) is 11.0. The van der Waals surface area contributed by atoms with Gasteiger partial charge in [-0.15, -0.1) is 12.4 Å². The molecule has 1 aromatic rings. The van der Waals surface area contributed by atoms with Gasteiger partial charge in [0.15, 0.2) is 0 Å².